The third kappa shape index (κ3) is 7.49. The van der Waals surface area contributed by atoms with Gasteiger partial charge < -0.3 is 25.6 Å². The van der Waals surface area contributed by atoms with E-state index in [1.54, 1.807) is 4.90 Å². The van der Waals surface area contributed by atoms with Crippen molar-refractivity contribution in [3.05, 3.63) is 59.2 Å². The van der Waals surface area contributed by atoms with Crippen LogP contribution in [0.3, 0.4) is 0 Å². The number of amidine groups is 1. The Kier molecular flexibility index (Phi) is 9.60. The topological polar surface area (TPSA) is 108 Å². The molecule has 1 aliphatic rings. The summed E-state index contributed by atoms with van der Waals surface area (Å²) >= 11 is 0. The fourth-order valence-electron chi connectivity index (χ4n) is 4.15. The van der Waals surface area contributed by atoms with Gasteiger partial charge in [-0.3, -0.25) is 4.79 Å². The molecule has 2 aromatic rings. The predicted octanol–water partition coefficient (Wildman–Crippen LogP) is 4.04. The molecule has 1 aliphatic heterocycles. The van der Waals surface area contributed by atoms with Crippen molar-refractivity contribution in [2.45, 2.75) is 58.8 Å². The van der Waals surface area contributed by atoms with Gasteiger partial charge in [0.2, 0.25) is 5.91 Å². The van der Waals surface area contributed by atoms with E-state index >= 15 is 0 Å². The van der Waals surface area contributed by atoms with Gasteiger partial charge in [-0.2, -0.15) is 0 Å². The zero-order chi connectivity index (χ0) is 25.4. The summed E-state index contributed by atoms with van der Waals surface area (Å²) in [7, 11) is 0. The molecule has 0 spiro atoms. The normalized spacial score (nSPS) is 14.1. The van der Waals surface area contributed by atoms with Gasteiger partial charge in [0.05, 0.1) is 11.8 Å². The molecule has 1 unspecified atom stereocenters. The van der Waals surface area contributed by atoms with Crippen LogP contribution in [0, 0.1) is 0 Å². The monoisotopic (exact) mass is 479 g/mol. The zero-order valence-corrected chi connectivity index (χ0v) is 20.9. The van der Waals surface area contributed by atoms with Crippen molar-refractivity contribution in [1.82, 2.24) is 4.90 Å². The number of carbonyl (C=O) groups excluding carboxylic acids is 1. The van der Waals surface area contributed by atoms with Gasteiger partial charge >= 0.3 is 0 Å². The summed E-state index contributed by atoms with van der Waals surface area (Å²) in [6.45, 7) is 7.02. The molecule has 1 amide bonds. The minimum atomic E-state index is -0.828. The van der Waals surface area contributed by atoms with Gasteiger partial charge in [0.15, 0.2) is 6.29 Å². The lowest BCUT2D eigenvalue weighted by atomic mass is 9.99. The summed E-state index contributed by atoms with van der Waals surface area (Å²) in [5, 5.41) is 19.2. The van der Waals surface area contributed by atoms with Crippen molar-refractivity contribution in [1.29, 1.82) is 0 Å². The third-order valence-corrected chi connectivity index (χ3v) is 5.76. The molecule has 0 saturated carbocycles. The summed E-state index contributed by atoms with van der Waals surface area (Å²) < 4.78 is 5.41. The molecule has 3 rings (SSSR count). The Morgan fingerprint density at radius 1 is 1.14 bits per heavy atom. The number of nitrogens with zero attached hydrogens (tertiary/aromatic N) is 2. The molecule has 4 N–H and O–H groups in total. The van der Waals surface area contributed by atoms with Crippen molar-refractivity contribution < 1.29 is 19.7 Å². The zero-order valence-electron chi connectivity index (χ0n) is 20.9. The highest BCUT2D eigenvalue weighted by Crippen LogP contribution is 2.32. The molecule has 2 aromatic carbocycles. The van der Waals surface area contributed by atoms with Gasteiger partial charge in [-0.15, -0.1) is 0 Å². The van der Waals surface area contributed by atoms with E-state index in [1.165, 1.54) is 0 Å². The molecule has 0 saturated heterocycles. The van der Waals surface area contributed by atoms with Crippen molar-refractivity contribution in [3.63, 3.8) is 0 Å². The highest BCUT2D eigenvalue weighted by atomic mass is 16.6. The smallest absolute Gasteiger partial charge is 0.250 e. The lowest BCUT2D eigenvalue weighted by Crippen LogP contribution is -2.35. The Hall–Kier alpha value is -3.00. The molecule has 7 heteroatoms. The number of fused-ring (bicyclic) bond motifs is 1. The fraction of sp³-hybridized carbons (Fsp3) is 0.429. The second-order valence-corrected chi connectivity index (χ2v) is 9.13. The molecular formula is C28H37N3O4. The standard InChI is InChI=1S/C28H37N3O4/c1-4-12-31(13-5-14-32)28(34)24-16-23-11-10-22(17-25(23)30-26(29)18-24)21-8-6-20(7-9-21)15-27(33)35-19(2)3/h6-11,16-17,19,27,32-33H,4-5,12-15,18H2,1-3H3,(H2,29,30). The van der Waals surface area contributed by atoms with Crippen LogP contribution < -0.4 is 5.73 Å². The van der Waals surface area contributed by atoms with Crippen LogP contribution >= 0.6 is 0 Å². The summed E-state index contributed by atoms with van der Waals surface area (Å²) in [5.41, 5.74) is 11.4. The highest BCUT2D eigenvalue weighted by molar-refractivity contribution is 6.05. The predicted molar refractivity (Wildman–Crippen MR) is 140 cm³/mol. The second-order valence-electron chi connectivity index (χ2n) is 9.13. The molecule has 1 atom stereocenters. The van der Waals surface area contributed by atoms with Gasteiger partial charge in [-0.05, 0) is 55.5 Å². The van der Waals surface area contributed by atoms with Gasteiger partial charge in [0, 0.05) is 43.7 Å². The molecule has 188 valence electrons. The first-order valence-electron chi connectivity index (χ1n) is 12.3. The van der Waals surface area contributed by atoms with E-state index in [0.717, 1.165) is 34.4 Å². The Bertz CT molecular complexity index is 1060. The molecule has 0 fully saturated rings. The van der Waals surface area contributed by atoms with Crippen LogP contribution in [0.5, 0.6) is 0 Å². The van der Waals surface area contributed by atoms with E-state index in [2.05, 4.69) is 4.99 Å². The number of aliphatic hydroxyl groups is 2. The number of amides is 1. The Balaban J connectivity index is 1.82. The fourth-order valence-corrected chi connectivity index (χ4v) is 4.15. The second kappa shape index (κ2) is 12.6. The third-order valence-electron chi connectivity index (χ3n) is 5.76. The number of aliphatic hydroxyl groups excluding tert-OH is 2. The molecule has 0 bridgehead atoms. The molecular weight excluding hydrogens is 442 g/mol. The number of carbonyl (C=O) groups is 1. The number of hydrogen-bond donors (Lipinski definition) is 3. The molecule has 0 radical (unpaired) electrons. The van der Waals surface area contributed by atoms with E-state index in [1.807, 2.05) is 69.3 Å². The Labute approximate surface area is 207 Å². The average molecular weight is 480 g/mol. The number of rotatable bonds is 11. The van der Waals surface area contributed by atoms with Crippen LogP contribution in [0.15, 0.2) is 53.0 Å². The van der Waals surface area contributed by atoms with Gasteiger partial charge in [0.1, 0.15) is 5.84 Å². The molecule has 7 nitrogen and oxygen atoms in total. The number of nitrogens with two attached hydrogens (primary N) is 1. The van der Waals surface area contributed by atoms with Gasteiger partial charge in [-0.1, -0.05) is 43.3 Å². The highest BCUT2D eigenvalue weighted by Gasteiger charge is 2.21. The number of ether oxygens (including phenoxy) is 1. The van der Waals surface area contributed by atoms with E-state index in [-0.39, 0.29) is 25.0 Å². The van der Waals surface area contributed by atoms with E-state index < -0.39 is 6.29 Å². The Morgan fingerprint density at radius 3 is 2.51 bits per heavy atom. The summed E-state index contributed by atoms with van der Waals surface area (Å²) in [6.07, 6.45) is 3.13. The Morgan fingerprint density at radius 2 is 1.86 bits per heavy atom. The number of hydrogen-bond acceptors (Lipinski definition) is 6. The molecule has 35 heavy (non-hydrogen) atoms. The quantitative estimate of drug-likeness (QED) is 0.422. The van der Waals surface area contributed by atoms with Gasteiger partial charge in [0.25, 0.3) is 0 Å². The SMILES string of the molecule is CCCN(CCCO)C(=O)C1=Cc2ccc(-c3ccc(CC(O)OC(C)C)cc3)cc2N=C(N)C1. The molecule has 0 aliphatic carbocycles. The number of aliphatic imine (C=N–C) groups is 1. The van der Waals surface area contributed by atoms with Crippen molar-refractivity contribution in [2.75, 3.05) is 19.7 Å². The maximum atomic E-state index is 13.2. The van der Waals surface area contributed by atoms with E-state index in [0.29, 0.717) is 37.3 Å². The van der Waals surface area contributed by atoms with Crippen molar-refractivity contribution in [2.24, 2.45) is 10.7 Å². The van der Waals surface area contributed by atoms with Crippen LogP contribution in [0.2, 0.25) is 0 Å². The molecule has 1 heterocycles. The van der Waals surface area contributed by atoms with Crippen LogP contribution in [0.25, 0.3) is 17.2 Å². The van der Waals surface area contributed by atoms with Gasteiger partial charge in [-0.25, -0.2) is 4.99 Å². The first kappa shape index (κ1) is 26.6. The van der Waals surface area contributed by atoms with Crippen molar-refractivity contribution in [3.8, 4) is 11.1 Å². The summed E-state index contributed by atoms with van der Waals surface area (Å²) in [4.78, 5) is 19.6. The van der Waals surface area contributed by atoms with E-state index in [4.69, 9.17) is 10.5 Å². The first-order chi connectivity index (χ1) is 16.8. The van der Waals surface area contributed by atoms with Crippen molar-refractivity contribution >= 4 is 23.5 Å². The maximum absolute atomic E-state index is 13.2. The average Bonchev–Trinajstić information content (AvgIpc) is 2.98. The lowest BCUT2D eigenvalue weighted by Gasteiger charge is -2.23. The van der Waals surface area contributed by atoms with Crippen LogP contribution in [0.4, 0.5) is 5.69 Å². The van der Waals surface area contributed by atoms with Crippen LogP contribution in [-0.4, -0.2) is 58.9 Å². The minimum absolute atomic E-state index is 0.0306. The summed E-state index contributed by atoms with van der Waals surface area (Å²) in [5.74, 6) is 0.336. The maximum Gasteiger partial charge on any atom is 0.250 e. The lowest BCUT2D eigenvalue weighted by molar-refractivity contribution is -0.127. The first-order valence-corrected chi connectivity index (χ1v) is 12.3. The van der Waals surface area contributed by atoms with Crippen LogP contribution in [-0.2, 0) is 16.0 Å². The molecule has 0 aromatic heterocycles. The number of benzene rings is 2. The summed E-state index contributed by atoms with van der Waals surface area (Å²) in [6, 6.07) is 13.9. The van der Waals surface area contributed by atoms with Crippen LogP contribution in [0.1, 0.15) is 51.2 Å². The van der Waals surface area contributed by atoms with E-state index in [9.17, 15) is 15.0 Å². The largest absolute Gasteiger partial charge is 0.396 e. The minimum Gasteiger partial charge on any atom is -0.396 e.